The summed E-state index contributed by atoms with van der Waals surface area (Å²) in [6.45, 7) is 4.50. The first-order chi connectivity index (χ1) is 17.3. The largest absolute Gasteiger partial charge is 0.441 e. The molecule has 1 heterocycles. The molecule has 0 saturated heterocycles. The molecular weight excluding hydrogens is 500 g/mol. The van der Waals surface area contributed by atoms with Crippen molar-refractivity contribution in [1.82, 2.24) is 15.6 Å². The van der Waals surface area contributed by atoms with Crippen molar-refractivity contribution in [2.45, 2.75) is 45.4 Å². The number of aromatic nitrogens is 1. The van der Waals surface area contributed by atoms with Gasteiger partial charge in [-0.1, -0.05) is 31.2 Å². The summed E-state index contributed by atoms with van der Waals surface area (Å²) in [5, 5.41) is 17.0. The maximum atomic E-state index is 13.8. The lowest BCUT2D eigenvalue weighted by molar-refractivity contribution is 0.0830. The molecule has 0 bridgehead atoms. The third kappa shape index (κ3) is 7.58. The number of benzene rings is 3. The Morgan fingerprint density at radius 2 is 1.76 bits per heavy atom. The Hall–Kier alpha value is -3.33. The van der Waals surface area contributed by atoms with Crippen LogP contribution < -0.4 is 10.6 Å². The maximum Gasteiger partial charge on any atom is 0.251 e. The first-order valence-electron chi connectivity index (χ1n) is 11.9. The van der Waals surface area contributed by atoms with Gasteiger partial charge >= 0.3 is 0 Å². The smallest absolute Gasteiger partial charge is 0.251 e. The third-order valence-electron chi connectivity index (χ3n) is 6.00. The second-order valence-corrected chi connectivity index (χ2v) is 8.85. The fourth-order valence-electron chi connectivity index (χ4n) is 4.16. The van der Waals surface area contributed by atoms with Gasteiger partial charge in [0.15, 0.2) is 11.5 Å². The minimum Gasteiger partial charge on any atom is -0.441 e. The normalized spacial score (nSPS) is 12.7. The highest BCUT2D eigenvalue weighted by atomic mass is 35.5. The van der Waals surface area contributed by atoms with Crippen molar-refractivity contribution in [1.29, 1.82) is 0 Å². The zero-order valence-electron chi connectivity index (χ0n) is 20.6. The van der Waals surface area contributed by atoms with Gasteiger partial charge < -0.3 is 20.2 Å². The Morgan fingerprint density at radius 3 is 2.49 bits per heavy atom. The number of aliphatic hydroxyl groups is 1. The lowest BCUT2D eigenvalue weighted by Gasteiger charge is -2.25. The second kappa shape index (κ2) is 12.8. The van der Waals surface area contributed by atoms with Gasteiger partial charge in [0.25, 0.3) is 5.91 Å². The molecule has 3 N–H and O–H groups in total. The zero-order valence-corrected chi connectivity index (χ0v) is 21.4. The van der Waals surface area contributed by atoms with Gasteiger partial charge in [-0.3, -0.25) is 4.79 Å². The van der Waals surface area contributed by atoms with E-state index in [0.717, 1.165) is 18.1 Å². The molecule has 2 atom stereocenters. The van der Waals surface area contributed by atoms with Crippen LogP contribution in [0.1, 0.15) is 39.9 Å². The first kappa shape index (κ1) is 28.2. The topological polar surface area (TPSA) is 87.4 Å². The lowest BCUT2D eigenvalue weighted by Crippen LogP contribution is -2.48. The van der Waals surface area contributed by atoms with Gasteiger partial charge in [0.05, 0.1) is 12.1 Å². The Balaban J connectivity index is 0.00000380. The molecule has 0 fully saturated rings. The van der Waals surface area contributed by atoms with Crippen molar-refractivity contribution in [2.24, 2.45) is 0 Å². The molecule has 0 aliphatic rings. The van der Waals surface area contributed by atoms with E-state index in [1.807, 2.05) is 12.1 Å². The molecule has 196 valence electrons. The van der Waals surface area contributed by atoms with Gasteiger partial charge in [0.1, 0.15) is 17.2 Å². The van der Waals surface area contributed by atoms with Crippen molar-refractivity contribution in [3.63, 3.8) is 0 Å². The van der Waals surface area contributed by atoms with Crippen LogP contribution in [0.5, 0.6) is 0 Å². The molecule has 4 aromatic rings. The molecule has 0 aliphatic heterocycles. The molecule has 1 aromatic heterocycles. The molecule has 0 radical (unpaired) electrons. The van der Waals surface area contributed by atoms with Crippen molar-refractivity contribution in [3.8, 4) is 0 Å². The average molecular weight is 530 g/mol. The molecule has 0 aliphatic carbocycles. The number of hydrogen-bond acceptors (Lipinski definition) is 5. The zero-order chi connectivity index (χ0) is 25.7. The van der Waals surface area contributed by atoms with Crippen LogP contribution in [0.4, 0.5) is 8.78 Å². The quantitative estimate of drug-likeness (QED) is 0.272. The van der Waals surface area contributed by atoms with Gasteiger partial charge in [0, 0.05) is 31.6 Å². The summed E-state index contributed by atoms with van der Waals surface area (Å²) in [6, 6.07) is 15.4. The van der Waals surface area contributed by atoms with Gasteiger partial charge in [-0.05, 0) is 59.9 Å². The summed E-state index contributed by atoms with van der Waals surface area (Å²) < 4.78 is 33.1. The number of hydrogen-bond donors (Lipinski definition) is 3. The molecule has 0 saturated carbocycles. The molecule has 0 unspecified atom stereocenters. The van der Waals surface area contributed by atoms with E-state index in [4.69, 9.17) is 4.42 Å². The molecular formula is C28H30ClF2N3O3. The monoisotopic (exact) mass is 529 g/mol. The number of oxazole rings is 1. The second-order valence-electron chi connectivity index (χ2n) is 8.85. The van der Waals surface area contributed by atoms with Crippen LogP contribution in [0.25, 0.3) is 11.1 Å². The van der Waals surface area contributed by atoms with E-state index in [1.165, 1.54) is 17.7 Å². The molecule has 6 nitrogen and oxygen atoms in total. The fraction of sp³-hybridized carbons (Fsp3) is 0.286. The minimum atomic E-state index is -1.02. The predicted molar refractivity (Wildman–Crippen MR) is 141 cm³/mol. The highest BCUT2D eigenvalue weighted by Crippen LogP contribution is 2.18. The van der Waals surface area contributed by atoms with Crippen LogP contribution in [-0.4, -0.2) is 34.7 Å². The van der Waals surface area contributed by atoms with Gasteiger partial charge in [-0.15, -0.1) is 12.4 Å². The summed E-state index contributed by atoms with van der Waals surface area (Å²) >= 11 is 0. The van der Waals surface area contributed by atoms with E-state index in [1.54, 1.807) is 25.1 Å². The Labute approximate surface area is 220 Å². The summed E-state index contributed by atoms with van der Waals surface area (Å²) in [4.78, 5) is 17.3. The Kier molecular flexibility index (Phi) is 9.74. The summed E-state index contributed by atoms with van der Waals surface area (Å²) in [5.74, 6) is -1.39. The standard InChI is InChI=1S/C28H29F2N3O3.ClH/c1-3-18-5-4-6-19(9-18)15-31-16-26(34)25(12-20-10-22(29)14-23(30)11-20)33-28(35)21-7-8-24-27(13-21)36-17(2)32-24;/h4-11,13-14,25-26,31,34H,3,12,15-16H2,1-2H3,(H,33,35);1H/t25-,26+;/m0./s1. The van der Waals surface area contributed by atoms with E-state index in [0.29, 0.717) is 34.7 Å². The van der Waals surface area contributed by atoms with E-state index >= 15 is 0 Å². The van der Waals surface area contributed by atoms with Gasteiger partial charge in [-0.25, -0.2) is 13.8 Å². The van der Waals surface area contributed by atoms with Gasteiger partial charge in [0.2, 0.25) is 0 Å². The van der Waals surface area contributed by atoms with E-state index < -0.39 is 29.7 Å². The molecule has 4 rings (SSSR count). The number of amides is 1. The molecule has 9 heteroatoms. The van der Waals surface area contributed by atoms with Crippen LogP contribution in [0.15, 0.2) is 65.1 Å². The summed E-state index contributed by atoms with van der Waals surface area (Å²) in [5.41, 5.74) is 4.05. The number of halogens is 3. The molecule has 37 heavy (non-hydrogen) atoms. The number of nitrogens with one attached hydrogen (secondary N) is 2. The molecule has 3 aromatic carbocycles. The predicted octanol–water partition coefficient (Wildman–Crippen LogP) is 4.89. The number of aryl methyl sites for hydroxylation is 2. The SMILES string of the molecule is CCc1cccc(CNC[C@@H](O)[C@H](Cc2cc(F)cc(F)c2)NC(=O)c2ccc3nc(C)oc3c2)c1.Cl. The van der Waals surface area contributed by atoms with E-state index in [-0.39, 0.29) is 25.4 Å². The fourth-order valence-corrected chi connectivity index (χ4v) is 4.16. The van der Waals surface area contributed by atoms with Crippen LogP contribution in [0.2, 0.25) is 0 Å². The Bertz CT molecular complexity index is 1340. The summed E-state index contributed by atoms with van der Waals surface area (Å²) in [6.07, 6.45) is -0.0576. The third-order valence-corrected chi connectivity index (χ3v) is 6.00. The number of carbonyl (C=O) groups excluding carboxylic acids is 1. The Morgan fingerprint density at radius 1 is 1.03 bits per heavy atom. The van der Waals surface area contributed by atoms with Crippen LogP contribution in [-0.2, 0) is 19.4 Å². The van der Waals surface area contributed by atoms with E-state index in [2.05, 4.69) is 34.7 Å². The highest BCUT2D eigenvalue weighted by Gasteiger charge is 2.23. The number of aliphatic hydroxyl groups excluding tert-OH is 1. The minimum absolute atomic E-state index is 0. The van der Waals surface area contributed by atoms with Crippen molar-refractivity contribution < 1.29 is 23.1 Å². The average Bonchev–Trinajstić information content (AvgIpc) is 3.22. The highest BCUT2D eigenvalue weighted by molar-refractivity contribution is 5.97. The van der Waals surface area contributed by atoms with Crippen molar-refractivity contribution in [2.75, 3.05) is 6.54 Å². The van der Waals surface area contributed by atoms with Crippen LogP contribution >= 0.6 is 12.4 Å². The van der Waals surface area contributed by atoms with Crippen molar-refractivity contribution >= 4 is 29.4 Å². The van der Waals surface area contributed by atoms with Crippen LogP contribution in [0.3, 0.4) is 0 Å². The number of carbonyl (C=O) groups is 1. The number of rotatable bonds is 10. The van der Waals surface area contributed by atoms with Crippen LogP contribution in [0, 0.1) is 18.6 Å². The molecule has 0 spiro atoms. The lowest BCUT2D eigenvalue weighted by atomic mass is 10.00. The number of fused-ring (bicyclic) bond motifs is 1. The number of nitrogens with zero attached hydrogens (tertiary/aromatic N) is 1. The maximum absolute atomic E-state index is 13.8. The van der Waals surface area contributed by atoms with Crippen molar-refractivity contribution in [3.05, 3.63) is 100 Å². The van der Waals surface area contributed by atoms with E-state index in [9.17, 15) is 18.7 Å². The molecule has 1 amide bonds. The first-order valence-corrected chi connectivity index (χ1v) is 11.9. The summed E-state index contributed by atoms with van der Waals surface area (Å²) in [7, 11) is 0. The van der Waals surface area contributed by atoms with Gasteiger partial charge in [-0.2, -0.15) is 0 Å².